The number of ketones is 1. The Bertz CT molecular complexity index is 1430. The molecule has 2 aromatic rings. The van der Waals surface area contributed by atoms with Crippen molar-refractivity contribution in [3.63, 3.8) is 0 Å². The number of ether oxygens (including phenoxy) is 1. The fourth-order valence-electron chi connectivity index (χ4n) is 7.26. The first kappa shape index (κ1) is 33.4. The van der Waals surface area contributed by atoms with Crippen LogP contribution in [0.2, 0.25) is 0 Å². The Hall–Kier alpha value is -2.15. The van der Waals surface area contributed by atoms with E-state index in [0.717, 1.165) is 24.1 Å². The molecule has 2 saturated carbocycles. The SMILES string of the molecule is CN(C)c1ccc([C@H]2C[C@@]3(C)[C@@H](CC[C@@]3(O)C#Cc3ccccc3F)[C@@H]3OCC4=CC(=O)CCC4=C32)cc1.S.S.S. The summed E-state index contributed by atoms with van der Waals surface area (Å²) in [6.07, 6.45) is 4.91. The fraction of sp³-hybridized carbons (Fsp3) is 0.424. The molecule has 0 spiro atoms. The van der Waals surface area contributed by atoms with E-state index in [9.17, 15) is 14.3 Å². The first-order valence-electron chi connectivity index (χ1n) is 13.6. The van der Waals surface area contributed by atoms with Crippen molar-refractivity contribution >= 4 is 52.0 Å². The Morgan fingerprint density at radius 2 is 1.76 bits per heavy atom. The van der Waals surface area contributed by atoms with Crippen LogP contribution in [0.25, 0.3) is 0 Å². The second-order valence-corrected chi connectivity index (χ2v) is 11.7. The number of rotatable bonds is 2. The van der Waals surface area contributed by atoms with Crippen molar-refractivity contribution in [2.24, 2.45) is 11.3 Å². The number of benzene rings is 2. The molecule has 1 aliphatic heterocycles. The number of nitrogens with zero attached hydrogens (tertiary/aromatic N) is 1. The molecule has 2 fully saturated rings. The van der Waals surface area contributed by atoms with Gasteiger partial charge in [-0.1, -0.05) is 43.0 Å². The maximum absolute atomic E-state index is 14.4. The van der Waals surface area contributed by atoms with E-state index in [1.54, 1.807) is 24.3 Å². The molecule has 6 rings (SSSR count). The topological polar surface area (TPSA) is 49.8 Å². The third-order valence-electron chi connectivity index (χ3n) is 9.46. The van der Waals surface area contributed by atoms with Gasteiger partial charge in [-0.25, -0.2) is 4.39 Å². The van der Waals surface area contributed by atoms with Crippen LogP contribution in [0.1, 0.15) is 56.1 Å². The molecule has 1 N–H and O–H groups in total. The second-order valence-electron chi connectivity index (χ2n) is 11.7. The second kappa shape index (κ2) is 12.6. The molecular formula is C33H40FNO3S3. The normalized spacial score (nSPS) is 29.6. The predicted molar refractivity (Wildman–Crippen MR) is 177 cm³/mol. The Kier molecular flexibility index (Phi) is 10.3. The maximum atomic E-state index is 14.4. The predicted octanol–water partition coefficient (Wildman–Crippen LogP) is 5.90. The zero-order chi connectivity index (χ0) is 26.7. The average Bonchev–Trinajstić information content (AvgIpc) is 3.17. The number of aliphatic hydroxyl groups is 1. The summed E-state index contributed by atoms with van der Waals surface area (Å²) < 4.78 is 20.9. The number of hydrogen-bond acceptors (Lipinski definition) is 4. The van der Waals surface area contributed by atoms with Gasteiger partial charge in [-0.3, -0.25) is 4.79 Å². The number of anilines is 1. The van der Waals surface area contributed by atoms with E-state index in [4.69, 9.17) is 4.74 Å². The van der Waals surface area contributed by atoms with Gasteiger partial charge in [-0.15, -0.1) is 0 Å². The lowest BCUT2D eigenvalue weighted by Crippen LogP contribution is -2.53. The van der Waals surface area contributed by atoms with Crippen LogP contribution in [-0.4, -0.2) is 43.3 Å². The van der Waals surface area contributed by atoms with Gasteiger partial charge >= 0.3 is 0 Å². The summed E-state index contributed by atoms with van der Waals surface area (Å²) in [6.45, 7) is 2.57. The molecule has 0 bridgehead atoms. The molecule has 220 valence electrons. The lowest BCUT2D eigenvalue weighted by atomic mass is 9.55. The van der Waals surface area contributed by atoms with Gasteiger partial charge in [0.1, 0.15) is 11.4 Å². The molecule has 1 heterocycles. The summed E-state index contributed by atoms with van der Waals surface area (Å²) in [7, 11) is 4.06. The fourth-order valence-corrected chi connectivity index (χ4v) is 7.26. The van der Waals surface area contributed by atoms with Gasteiger partial charge in [0, 0.05) is 37.5 Å². The smallest absolute Gasteiger partial charge is 0.156 e. The van der Waals surface area contributed by atoms with E-state index in [0.29, 0.717) is 31.4 Å². The lowest BCUT2D eigenvalue weighted by molar-refractivity contribution is -0.115. The van der Waals surface area contributed by atoms with Crippen LogP contribution in [0.4, 0.5) is 10.1 Å². The van der Waals surface area contributed by atoms with Crippen molar-refractivity contribution < 1.29 is 19.0 Å². The lowest BCUT2D eigenvalue weighted by Gasteiger charge is -2.53. The first-order valence-corrected chi connectivity index (χ1v) is 13.6. The van der Waals surface area contributed by atoms with E-state index in [-0.39, 0.29) is 70.0 Å². The monoisotopic (exact) mass is 613 g/mol. The highest BCUT2D eigenvalue weighted by atomic mass is 32.1. The van der Waals surface area contributed by atoms with E-state index < -0.39 is 11.0 Å². The van der Waals surface area contributed by atoms with Gasteiger partial charge in [0.2, 0.25) is 0 Å². The zero-order valence-corrected chi connectivity index (χ0v) is 26.8. The van der Waals surface area contributed by atoms with E-state index in [1.165, 1.54) is 22.8 Å². The summed E-state index contributed by atoms with van der Waals surface area (Å²) in [6, 6.07) is 15.1. The molecular weight excluding hydrogens is 574 g/mol. The third-order valence-corrected chi connectivity index (χ3v) is 9.46. The Balaban J connectivity index is 0.00000154. The quantitative estimate of drug-likeness (QED) is 0.429. The van der Waals surface area contributed by atoms with Gasteiger partial charge in [-0.05, 0) is 84.2 Å². The highest BCUT2D eigenvalue weighted by Gasteiger charge is 2.63. The third kappa shape index (κ3) is 5.64. The molecule has 2 aromatic carbocycles. The number of hydrogen-bond donors (Lipinski definition) is 1. The number of carbonyl (C=O) groups is 1. The number of fused-ring (bicyclic) bond motifs is 4. The molecule has 0 aromatic heterocycles. The van der Waals surface area contributed by atoms with Crippen LogP contribution in [0.5, 0.6) is 0 Å². The Morgan fingerprint density at radius 1 is 1.05 bits per heavy atom. The minimum Gasteiger partial charge on any atom is -0.378 e. The Labute approximate surface area is 263 Å². The highest BCUT2D eigenvalue weighted by Crippen LogP contribution is 2.64. The largest absolute Gasteiger partial charge is 0.378 e. The summed E-state index contributed by atoms with van der Waals surface area (Å²) in [5.74, 6) is 6.02. The number of halogens is 1. The first-order chi connectivity index (χ1) is 18.2. The van der Waals surface area contributed by atoms with Crippen LogP contribution in [0.15, 0.2) is 71.3 Å². The van der Waals surface area contributed by atoms with Crippen molar-refractivity contribution in [2.75, 3.05) is 25.6 Å². The molecule has 0 saturated heterocycles. The number of allylic oxidation sites excluding steroid dienone is 1. The Morgan fingerprint density at radius 3 is 2.44 bits per heavy atom. The standard InChI is InChI=1S/C33H34FNO3.3H2S/c1-32-19-27(21-8-10-24(11-9-21)35(2)3)30-26-13-12-25(36)18-23(26)20-38-31(30)28(32)15-17-33(32,37)16-14-22-6-4-5-7-29(22)34;;;/h4-11,18,27-28,31,37H,12-13,15,17,19-20H2,1-3H3;3*1H2/t27-,28+,31+,32+,33+;;;/m1.../s1. The minimum absolute atomic E-state index is 0. The summed E-state index contributed by atoms with van der Waals surface area (Å²) >= 11 is 0. The van der Waals surface area contributed by atoms with Crippen LogP contribution in [-0.2, 0) is 9.53 Å². The van der Waals surface area contributed by atoms with E-state index in [2.05, 4.69) is 47.9 Å². The minimum atomic E-state index is -1.26. The van der Waals surface area contributed by atoms with Crippen molar-refractivity contribution in [1.82, 2.24) is 0 Å². The molecule has 4 aliphatic rings. The van der Waals surface area contributed by atoms with Crippen LogP contribution >= 0.6 is 40.5 Å². The van der Waals surface area contributed by atoms with Crippen LogP contribution in [0.3, 0.4) is 0 Å². The molecule has 0 amide bonds. The van der Waals surface area contributed by atoms with Gasteiger partial charge in [0.25, 0.3) is 0 Å². The van der Waals surface area contributed by atoms with Crippen molar-refractivity contribution in [2.45, 2.75) is 56.7 Å². The van der Waals surface area contributed by atoms with Crippen molar-refractivity contribution in [3.8, 4) is 11.8 Å². The van der Waals surface area contributed by atoms with Gasteiger partial charge in [0.15, 0.2) is 5.78 Å². The van der Waals surface area contributed by atoms with Crippen LogP contribution < -0.4 is 4.90 Å². The van der Waals surface area contributed by atoms with Gasteiger partial charge < -0.3 is 14.7 Å². The van der Waals surface area contributed by atoms with Crippen molar-refractivity contribution in [1.29, 1.82) is 0 Å². The van der Waals surface area contributed by atoms with E-state index >= 15 is 0 Å². The molecule has 0 unspecified atom stereocenters. The average molecular weight is 614 g/mol. The maximum Gasteiger partial charge on any atom is 0.156 e. The van der Waals surface area contributed by atoms with E-state index in [1.807, 2.05) is 14.1 Å². The highest BCUT2D eigenvalue weighted by molar-refractivity contribution is 7.59. The summed E-state index contributed by atoms with van der Waals surface area (Å²) in [5, 5.41) is 12.1. The molecule has 0 radical (unpaired) electrons. The summed E-state index contributed by atoms with van der Waals surface area (Å²) in [5.41, 5.74) is 4.37. The van der Waals surface area contributed by atoms with Crippen molar-refractivity contribution in [3.05, 3.63) is 88.3 Å². The molecule has 3 aliphatic carbocycles. The molecule has 41 heavy (non-hydrogen) atoms. The molecule has 8 heteroatoms. The number of carbonyl (C=O) groups excluding carboxylic acids is 1. The van der Waals surface area contributed by atoms with Crippen LogP contribution in [0, 0.1) is 29.0 Å². The molecule has 4 nitrogen and oxygen atoms in total. The van der Waals surface area contributed by atoms with Gasteiger partial charge in [-0.2, -0.15) is 40.5 Å². The molecule has 5 atom stereocenters. The summed E-state index contributed by atoms with van der Waals surface area (Å²) in [4.78, 5) is 14.3. The van der Waals surface area contributed by atoms with Gasteiger partial charge in [0.05, 0.1) is 18.3 Å². The zero-order valence-electron chi connectivity index (χ0n) is 23.8.